The van der Waals surface area contributed by atoms with E-state index in [1.807, 2.05) is 39.6 Å². The molecule has 1 N–H and O–H groups in total. The molecule has 0 amide bonds. The molecular formula is C19H23ClN2O3. The fourth-order valence-corrected chi connectivity index (χ4v) is 3.14. The van der Waals surface area contributed by atoms with Crippen LogP contribution in [0.15, 0.2) is 18.2 Å². The Labute approximate surface area is 153 Å². The van der Waals surface area contributed by atoms with Crippen molar-refractivity contribution in [3.05, 3.63) is 45.6 Å². The average Bonchev–Trinajstić information content (AvgIpc) is 2.50. The Hall–Kier alpha value is -2.27. The Kier molecular flexibility index (Phi) is 5.90. The van der Waals surface area contributed by atoms with Gasteiger partial charge in [0.25, 0.3) is 0 Å². The summed E-state index contributed by atoms with van der Waals surface area (Å²) >= 11 is 6.06. The minimum absolute atomic E-state index is 0.0651. The van der Waals surface area contributed by atoms with Gasteiger partial charge in [0, 0.05) is 24.3 Å². The summed E-state index contributed by atoms with van der Waals surface area (Å²) in [6, 6.07) is 5.34. The van der Waals surface area contributed by atoms with Gasteiger partial charge in [0.1, 0.15) is 11.3 Å². The molecule has 0 bridgehead atoms. The van der Waals surface area contributed by atoms with E-state index in [0.29, 0.717) is 22.2 Å². The van der Waals surface area contributed by atoms with Crippen LogP contribution in [0.3, 0.4) is 0 Å². The van der Waals surface area contributed by atoms with Crippen molar-refractivity contribution < 1.29 is 14.6 Å². The number of halogens is 1. The van der Waals surface area contributed by atoms with Crippen molar-refractivity contribution >= 4 is 23.3 Å². The Morgan fingerprint density at radius 1 is 1.24 bits per heavy atom. The smallest absolute Gasteiger partial charge is 0.343 e. The van der Waals surface area contributed by atoms with Gasteiger partial charge in [0.05, 0.1) is 5.69 Å². The Morgan fingerprint density at radius 2 is 1.84 bits per heavy atom. The third-order valence-electron chi connectivity index (χ3n) is 3.90. The maximum atomic E-state index is 11.9. The number of aromatic carboxylic acids is 1. The van der Waals surface area contributed by atoms with E-state index in [2.05, 4.69) is 4.98 Å². The van der Waals surface area contributed by atoms with Crippen molar-refractivity contribution in [1.29, 1.82) is 0 Å². The van der Waals surface area contributed by atoms with Gasteiger partial charge in [-0.2, -0.15) is 0 Å². The highest BCUT2D eigenvalue weighted by Crippen LogP contribution is 2.35. The highest BCUT2D eigenvalue weighted by molar-refractivity contribution is 6.30. The number of carboxylic acids is 1. The lowest BCUT2D eigenvalue weighted by molar-refractivity contribution is 0.0694. The number of benzene rings is 1. The van der Waals surface area contributed by atoms with Gasteiger partial charge < -0.3 is 14.7 Å². The Balaban J connectivity index is 2.60. The van der Waals surface area contributed by atoms with E-state index in [-0.39, 0.29) is 11.4 Å². The molecule has 0 aliphatic carbocycles. The number of aromatic nitrogens is 1. The lowest BCUT2D eigenvalue weighted by atomic mass is 10.1. The molecule has 0 aliphatic heterocycles. The highest BCUT2D eigenvalue weighted by Gasteiger charge is 2.23. The van der Waals surface area contributed by atoms with Crippen molar-refractivity contribution in [3.8, 4) is 11.6 Å². The first kappa shape index (κ1) is 19.1. The van der Waals surface area contributed by atoms with Crippen LogP contribution in [0.2, 0.25) is 5.02 Å². The summed E-state index contributed by atoms with van der Waals surface area (Å²) in [7, 11) is 1.87. The molecule has 25 heavy (non-hydrogen) atoms. The quantitative estimate of drug-likeness (QED) is 0.783. The van der Waals surface area contributed by atoms with Crippen LogP contribution in [0.25, 0.3) is 0 Å². The van der Waals surface area contributed by atoms with Crippen molar-refractivity contribution in [2.75, 3.05) is 18.5 Å². The van der Waals surface area contributed by atoms with Gasteiger partial charge in [-0.05, 0) is 56.5 Å². The van der Waals surface area contributed by atoms with Crippen LogP contribution >= 0.6 is 11.6 Å². The number of hydrogen-bond acceptors (Lipinski definition) is 4. The number of rotatable bonds is 6. The summed E-state index contributed by atoms with van der Waals surface area (Å²) in [5.41, 5.74) is 3.01. The molecule has 6 heteroatoms. The highest BCUT2D eigenvalue weighted by atomic mass is 35.5. The van der Waals surface area contributed by atoms with Gasteiger partial charge in [-0.25, -0.2) is 9.78 Å². The van der Waals surface area contributed by atoms with Crippen LogP contribution in [-0.2, 0) is 0 Å². The van der Waals surface area contributed by atoms with Crippen LogP contribution in [0.1, 0.15) is 40.5 Å². The minimum Gasteiger partial charge on any atom is -0.477 e. The monoisotopic (exact) mass is 362 g/mol. The lowest BCUT2D eigenvalue weighted by Gasteiger charge is -2.23. The van der Waals surface area contributed by atoms with Gasteiger partial charge >= 0.3 is 5.97 Å². The predicted octanol–water partition coefficient (Wildman–Crippen LogP) is 5.00. The first-order chi connectivity index (χ1) is 11.7. The summed E-state index contributed by atoms with van der Waals surface area (Å²) in [5.74, 6) is -0.391. The second kappa shape index (κ2) is 7.74. The summed E-state index contributed by atoms with van der Waals surface area (Å²) in [6.07, 6.45) is 0.905. The SMILES string of the molecule is CCCN(C)c1cc(C)nc(Oc2c(C)cc(Cl)cc2C)c1C(=O)O. The molecule has 2 rings (SSSR count). The van der Waals surface area contributed by atoms with Gasteiger partial charge in [-0.1, -0.05) is 18.5 Å². The van der Waals surface area contributed by atoms with Crippen molar-refractivity contribution in [1.82, 2.24) is 4.98 Å². The minimum atomic E-state index is -1.07. The predicted molar refractivity (Wildman–Crippen MR) is 100 cm³/mol. The molecule has 1 heterocycles. The standard InChI is InChI=1S/C19H23ClN2O3/c1-6-7-22(5)15-10-13(4)21-18(16(15)19(23)24)25-17-11(2)8-14(20)9-12(17)3/h8-10H,6-7H2,1-5H3,(H,23,24). The maximum Gasteiger partial charge on any atom is 0.343 e. The number of anilines is 1. The summed E-state index contributed by atoms with van der Waals surface area (Å²) in [6.45, 7) is 8.34. The summed E-state index contributed by atoms with van der Waals surface area (Å²) in [4.78, 5) is 18.2. The number of aryl methyl sites for hydroxylation is 3. The van der Waals surface area contributed by atoms with Crippen LogP contribution in [-0.4, -0.2) is 29.7 Å². The molecule has 0 radical (unpaired) electrons. The summed E-state index contributed by atoms with van der Waals surface area (Å²) in [5, 5.41) is 10.4. The molecule has 0 unspecified atom stereocenters. The fourth-order valence-electron chi connectivity index (χ4n) is 2.81. The zero-order valence-electron chi connectivity index (χ0n) is 15.2. The van der Waals surface area contributed by atoms with E-state index in [0.717, 1.165) is 24.1 Å². The third-order valence-corrected chi connectivity index (χ3v) is 4.12. The molecule has 2 aromatic rings. The average molecular weight is 363 g/mol. The molecule has 0 atom stereocenters. The van der Waals surface area contributed by atoms with Crippen molar-refractivity contribution in [3.63, 3.8) is 0 Å². The first-order valence-corrected chi connectivity index (χ1v) is 8.53. The zero-order chi connectivity index (χ0) is 18.7. The molecule has 1 aromatic carbocycles. The summed E-state index contributed by atoms with van der Waals surface area (Å²) < 4.78 is 5.96. The maximum absolute atomic E-state index is 11.9. The van der Waals surface area contributed by atoms with E-state index in [4.69, 9.17) is 16.3 Å². The molecule has 0 fully saturated rings. The number of ether oxygens (including phenoxy) is 1. The van der Waals surface area contributed by atoms with Gasteiger partial charge in [0.15, 0.2) is 0 Å². The normalized spacial score (nSPS) is 10.6. The second-order valence-corrected chi connectivity index (χ2v) is 6.60. The first-order valence-electron chi connectivity index (χ1n) is 8.15. The van der Waals surface area contributed by atoms with Crippen LogP contribution in [0, 0.1) is 20.8 Å². The lowest BCUT2D eigenvalue weighted by Crippen LogP contribution is -2.21. The van der Waals surface area contributed by atoms with Crippen molar-refractivity contribution in [2.24, 2.45) is 0 Å². The molecule has 5 nitrogen and oxygen atoms in total. The molecule has 0 saturated carbocycles. The largest absolute Gasteiger partial charge is 0.477 e. The van der Waals surface area contributed by atoms with Crippen LogP contribution in [0.5, 0.6) is 11.6 Å². The second-order valence-electron chi connectivity index (χ2n) is 6.16. The number of carboxylic acid groups (broad SMARTS) is 1. The number of pyridine rings is 1. The molecule has 1 aromatic heterocycles. The van der Waals surface area contributed by atoms with E-state index >= 15 is 0 Å². The number of carbonyl (C=O) groups is 1. The molecule has 0 saturated heterocycles. The Bertz CT molecular complexity index is 782. The number of hydrogen-bond donors (Lipinski definition) is 1. The molecular weight excluding hydrogens is 340 g/mol. The zero-order valence-corrected chi connectivity index (χ0v) is 15.9. The van der Waals surface area contributed by atoms with Crippen LogP contribution in [0.4, 0.5) is 5.69 Å². The molecule has 0 spiro atoms. The van der Waals surface area contributed by atoms with Gasteiger partial charge in [0.2, 0.25) is 5.88 Å². The van der Waals surface area contributed by atoms with E-state index in [1.165, 1.54) is 0 Å². The molecule has 134 valence electrons. The van der Waals surface area contributed by atoms with Crippen molar-refractivity contribution in [2.45, 2.75) is 34.1 Å². The van der Waals surface area contributed by atoms with Gasteiger partial charge in [-0.3, -0.25) is 0 Å². The van der Waals surface area contributed by atoms with E-state index < -0.39 is 5.97 Å². The van der Waals surface area contributed by atoms with E-state index in [1.54, 1.807) is 18.2 Å². The van der Waals surface area contributed by atoms with E-state index in [9.17, 15) is 9.90 Å². The fraction of sp³-hybridized carbons (Fsp3) is 0.368. The van der Waals surface area contributed by atoms with Gasteiger partial charge in [-0.15, -0.1) is 0 Å². The number of nitrogens with zero attached hydrogens (tertiary/aromatic N) is 2. The molecule has 0 aliphatic rings. The topological polar surface area (TPSA) is 62.7 Å². The third kappa shape index (κ3) is 4.23. The Morgan fingerprint density at radius 3 is 2.36 bits per heavy atom. The van der Waals surface area contributed by atoms with Crippen LogP contribution < -0.4 is 9.64 Å².